The molecule has 0 aromatic heterocycles. The molecule has 0 unspecified atom stereocenters. The zero-order chi connectivity index (χ0) is 15.7. The van der Waals surface area contributed by atoms with Crippen molar-refractivity contribution in [3.63, 3.8) is 0 Å². The van der Waals surface area contributed by atoms with Crippen LogP contribution in [0.5, 0.6) is 0 Å². The predicted octanol–water partition coefficient (Wildman–Crippen LogP) is 0.00440. The molecule has 0 bridgehead atoms. The number of thioether (sulfide) groups is 1. The first-order chi connectivity index (χ1) is 9.84. The molecule has 2 aliphatic heterocycles. The van der Waals surface area contributed by atoms with Crippen LogP contribution in [-0.2, 0) is 9.59 Å². The van der Waals surface area contributed by atoms with E-state index in [1.165, 1.54) is 16.7 Å². The van der Waals surface area contributed by atoms with E-state index in [0.717, 1.165) is 0 Å². The maximum atomic E-state index is 12.0. The smallest absolute Gasteiger partial charge is 0.353 e. The molecule has 2 aliphatic rings. The zero-order valence-corrected chi connectivity index (χ0v) is 12.8. The highest BCUT2D eigenvalue weighted by Gasteiger charge is 2.56. The van der Waals surface area contributed by atoms with E-state index in [2.05, 4.69) is 4.99 Å². The van der Waals surface area contributed by atoms with Gasteiger partial charge in [0, 0.05) is 17.1 Å². The first kappa shape index (κ1) is 15.8. The number of amides is 1. The second-order valence-corrected chi connectivity index (χ2v) is 6.38. The molecule has 21 heavy (non-hydrogen) atoms. The third-order valence-electron chi connectivity index (χ3n) is 3.62. The van der Waals surface area contributed by atoms with Crippen molar-refractivity contribution < 1.29 is 19.8 Å². The summed E-state index contributed by atoms with van der Waals surface area (Å²) in [6.07, 6.45) is -0.276. The number of rotatable bonds is 6. The van der Waals surface area contributed by atoms with Crippen LogP contribution in [0.25, 0.3) is 0 Å². The molecule has 0 aromatic carbocycles. The van der Waals surface area contributed by atoms with E-state index in [1.54, 1.807) is 13.8 Å². The Kier molecular flexibility index (Phi) is 4.58. The van der Waals surface area contributed by atoms with E-state index in [4.69, 9.17) is 5.73 Å². The molecular weight excluding hydrogens is 294 g/mol. The average Bonchev–Trinajstić information content (AvgIpc) is 2.68. The van der Waals surface area contributed by atoms with Gasteiger partial charge in [-0.1, -0.05) is 0 Å². The second-order valence-electron chi connectivity index (χ2n) is 5.19. The molecule has 4 N–H and O–H groups in total. The third kappa shape index (κ3) is 2.91. The van der Waals surface area contributed by atoms with Crippen molar-refractivity contribution in [2.24, 2.45) is 16.6 Å². The fraction of sp³-hybridized carbons (Fsp3) is 0.615. The van der Waals surface area contributed by atoms with Crippen LogP contribution in [-0.4, -0.2) is 57.3 Å². The number of hydrogen-bond donors (Lipinski definition) is 3. The molecule has 0 aliphatic carbocycles. The summed E-state index contributed by atoms with van der Waals surface area (Å²) in [6, 6.07) is -0.231. The van der Waals surface area contributed by atoms with Crippen LogP contribution in [0.4, 0.5) is 0 Å². The lowest BCUT2D eigenvalue weighted by atomic mass is 9.83. The second kappa shape index (κ2) is 6.07. The van der Waals surface area contributed by atoms with Crippen molar-refractivity contribution in [1.29, 1.82) is 0 Å². The number of β-lactam (4-membered cyclic amide) rings is 1. The molecule has 1 amide bonds. The molecule has 0 saturated carbocycles. The number of fused-ring (bicyclic) bond motifs is 1. The van der Waals surface area contributed by atoms with Gasteiger partial charge in [0.05, 0.1) is 30.4 Å². The minimum Gasteiger partial charge on any atom is -0.477 e. The molecule has 0 spiro atoms. The Morgan fingerprint density at radius 1 is 1.62 bits per heavy atom. The Labute approximate surface area is 126 Å². The average molecular weight is 313 g/mol. The topological polar surface area (TPSA) is 116 Å². The van der Waals surface area contributed by atoms with Gasteiger partial charge in [-0.3, -0.25) is 9.79 Å². The fourth-order valence-corrected chi connectivity index (χ4v) is 3.79. The van der Waals surface area contributed by atoms with Crippen molar-refractivity contribution >= 4 is 29.5 Å². The van der Waals surface area contributed by atoms with E-state index in [1.807, 2.05) is 0 Å². The summed E-state index contributed by atoms with van der Waals surface area (Å²) in [5.41, 5.74) is 5.50. The Morgan fingerprint density at radius 3 is 2.81 bits per heavy atom. The number of amidine groups is 1. The summed E-state index contributed by atoms with van der Waals surface area (Å²) >= 11 is 1.39. The van der Waals surface area contributed by atoms with Crippen molar-refractivity contribution in [2.45, 2.75) is 32.4 Å². The molecule has 116 valence electrons. The number of hydrogen-bond acceptors (Lipinski definition) is 5. The number of carboxylic acid groups (broad SMARTS) is 1. The van der Waals surface area contributed by atoms with Gasteiger partial charge in [0.15, 0.2) is 0 Å². The van der Waals surface area contributed by atoms with Crippen molar-refractivity contribution in [2.75, 3.05) is 12.3 Å². The highest BCUT2D eigenvalue weighted by atomic mass is 32.2. The molecule has 2 rings (SSSR count). The highest BCUT2D eigenvalue weighted by molar-refractivity contribution is 8.03. The molecule has 2 heterocycles. The van der Waals surface area contributed by atoms with Crippen molar-refractivity contribution in [3.8, 4) is 0 Å². The van der Waals surface area contributed by atoms with E-state index in [-0.39, 0.29) is 17.6 Å². The van der Waals surface area contributed by atoms with Crippen molar-refractivity contribution in [3.05, 3.63) is 10.6 Å². The normalized spacial score (nSPS) is 26.7. The van der Waals surface area contributed by atoms with Crippen LogP contribution in [0, 0.1) is 5.92 Å². The summed E-state index contributed by atoms with van der Waals surface area (Å²) in [7, 11) is 0. The molecule has 3 atom stereocenters. The van der Waals surface area contributed by atoms with Crippen molar-refractivity contribution in [1.82, 2.24) is 4.90 Å². The highest BCUT2D eigenvalue weighted by Crippen LogP contribution is 2.46. The fourth-order valence-electron chi connectivity index (χ4n) is 2.75. The number of carbonyl (C=O) groups excluding carboxylic acids is 1. The van der Waals surface area contributed by atoms with E-state index < -0.39 is 18.0 Å². The third-order valence-corrected chi connectivity index (χ3v) is 4.71. The van der Waals surface area contributed by atoms with Gasteiger partial charge in [-0.15, -0.1) is 11.8 Å². The van der Waals surface area contributed by atoms with Gasteiger partial charge in [0.2, 0.25) is 5.91 Å². The Bertz CT molecular complexity index is 526. The molecule has 0 aromatic rings. The van der Waals surface area contributed by atoms with Crippen LogP contribution in [0.15, 0.2) is 15.6 Å². The van der Waals surface area contributed by atoms with Gasteiger partial charge < -0.3 is 20.8 Å². The lowest BCUT2D eigenvalue weighted by Gasteiger charge is -2.44. The van der Waals surface area contributed by atoms with Gasteiger partial charge in [0.1, 0.15) is 5.70 Å². The SMILES string of the molecule is CC(N)=NCCSC1=C(C(=O)O)N2C(=O)[C@H]([C@@H](C)O)[C@H]2C1. The maximum absolute atomic E-state index is 12.0. The standard InChI is InChI=1S/C13H19N3O4S/c1-6(17)10-8-5-9(21-4-3-15-7(2)14)11(13(19)20)16(8)12(10)18/h6,8,10,17H,3-5H2,1-2H3,(H2,14,15)(H,19,20)/t6-,8-,10-/m1/s1. The molecule has 7 nitrogen and oxygen atoms in total. The maximum Gasteiger partial charge on any atom is 0.353 e. The first-order valence-electron chi connectivity index (χ1n) is 6.71. The molecule has 8 heteroatoms. The summed E-state index contributed by atoms with van der Waals surface area (Å²) in [5, 5.41) is 18.9. The lowest BCUT2D eigenvalue weighted by molar-refractivity contribution is -0.161. The van der Waals surface area contributed by atoms with Gasteiger partial charge in [-0.2, -0.15) is 0 Å². The number of aliphatic imine (C=N–C) groups is 1. The van der Waals surface area contributed by atoms with Crippen LogP contribution < -0.4 is 5.73 Å². The number of aliphatic carboxylic acids is 1. The first-order valence-corrected chi connectivity index (χ1v) is 7.70. The number of carbonyl (C=O) groups is 2. The quantitative estimate of drug-likeness (QED) is 0.275. The molecule has 1 fully saturated rings. The largest absolute Gasteiger partial charge is 0.477 e. The minimum absolute atomic E-state index is 0.0559. The van der Waals surface area contributed by atoms with Crippen LogP contribution in [0.1, 0.15) is 20.3 Å². The number of nitrogens with zero attached hydrogens (tertiary/aromatic N) is 2. The van der Waals surface area contributed by atoms with Gasteiger partial charge in [-0.05, 0) is 13.8 Å². The number of aliphatic hydroxyl groups excluding tert-OH is 1. The molecular formula is C13H19N3O4S. The minimum atomic E-state index is -1.10. The summed E-state index contributed by atoms with van der Waals surface area (Å²) in [6.45, 7) is 3.76. The number of nitrogens with two attached hydrogens (primary N) is 1. The predicted molar refractivity (Wildman–Crippen MR) is 79.7 cm³/mol. The van der Waals surface area contributed by atoms with Crippen LogP contribution in [0.2, 0.25) is 0 Å². The Balaban J connectivity index is 2.08. The van der Waals surface area contributed by atoms with E-state index in [0.29, 0.717) is 29.5 Å². The van der Waals surface area contributed by atoms with Gasteiger partial charge in [-0.25, -0.2) is 4.79 Å². The number of aliphatic hydroxyl groups is 1. The van der Waals surface area contributed by atoms with Gasteiger partial charge in [0.25, 0.3) is 0 Å². The summed E-state index contributed by atoms with van der Waals surface area (Å²) in [5.74, 6) is -0.812. The molecule has 0 radical (unpaired) electrons. The zero-order valence-electron chi connectivity index (χ0n) is 11.9. The van der Waals surface area contributed by atoms with E-state index in [9.17, 15) is 19.8 Å². The van der Waals surface area contributed by atoms with E-state index >= 15 is 0 Å². The van der Waals surface area contributed by atoms with Crippen LogP contribution in [0.3, 0.4) is 0 Å². The monoisotopic (exact) mass is 313 g/mol. The summed E-state index contributed by atoms with van der Waals surface area (Å²) in [4.78, 5) is 29.4. The summed E-state index contributed by atoms with van der Waals surface area (Å²) < 4.78 is 0. The number of carboxylic acids is 1. The van der Waals surface area contributed by atoms with Crippen LogP contribution >= 0.6 is 11.8 Å². The lowest BCUT2D eigenvalue weighted by Crippen LogP contribution is -2.61. The molecule has 1 saturated heterocycles. The Morgan fingerprint density at radius 2 is 2.29 bits per heavy atom. The Hall–Kier alpha value is -1.54. The van der Waals surface area contributed by atoms with Gasteiger partial charge >= 0.3 is 5.97 Å².